The number of amides is 3. The summed E-state index contributed by atoms with van der Waals surface area (Å²) in [6.45, 7) is 2.39. The van der Waals surface area contributed by atoms with Gasteiger partial charge < -0.3 is 10.1 Å². The Balaban J connectivity index is 1.52. The lowest BCUT2D eigenvalue weighted by Crippen LogP contribution is -2.30. The second-order valence-electron chi connectivity index (χ2n) is 7.46. The van der Waals surface area contributed by atoms with E-state index in [1.54, 1.807) is 30.3 Å². The summed E-state index contributed by atoms with van der Waals surface area (Å²) in [7, 11) is 0. The summed E-state index contributed by atoms with van der Waals surface area (Å²) < 4.78 is 5.94. The van der Waals surface area contributed by atoms with Gasteiger partial charge in [-0.2, -0.15) is 5.26 Å². The standard InChI is InChI=1S/C26H21N3O3/c1-18-10-12-19(13-11-18)16-29-25(30)23(28-26(29)31)14-20-6-4-5-9-24(20)32-17-22-8-3-2-7-21(22)15-27/h2-14H,16-17H2,1H3,(H,28,31)/b23-14+. The van der Waals surface area contributed by atoms with E-state index in [0.717, 1.165) is 16.7 Å². The van der Waals surface area contributed by atoms with Gasteiger partial charge in [-0.1, -0.05) is 66.2 Å². The summed E-state index contributed by atoms with van der Waals surface area (Å²) in [6.07, 6.45) is 1.61. The molecule has 32 heavy (non-hydrogen) atoms. The average Bonchev–Trinajstić information content (AvgIpc) is 3.07. The maximum Gasteiger partial charge on any atom is 0.329 e. The summed E-state index contributed by atoms with van der Waals surface area (Å²) in [5.74, 6) is 0.159. The lowest BCUT2D eigenvalue weighted by atomic mass is 10.1. The van der Waals surface area contributed by atoms with Crippen molar-refractivity contribution in [2.45, 2.75) is 20.1 Å². The third kappa shape index (κ3) is 4.52. The van der Waals surface area contributed by atoms with Crippen molar-refractivity contribution in [1.82, 2.24) is 10.2 Å². The van der Waals surface area contributed by atoms with Gasteiger partial charge in [-0.25, -0.2) is 4.79 Å². The molecule has 1 aliphatic rings. The number of urea groups is 1. The Morgan fingerprint density at radius 3 is 2.50 bits per heavy atom. The third-order valence-corrected chi connectivity index (χ3v) is 5.16. The first-order valence-corrected chi connectivity index (χ1v) is 10.1. The molecule has 0 aliphatic carbocycles. The van der Waals surface area contributed by atoms with Crippen LogP contribution >= 0.6 is 0 Å². The molecule has 3 aromatic rings. The van der Waals surface area contributed by atoms with Crippen LogP contribution < -0.4 is 10.1 Å². The molecule has 1 fully saturated rings. The Morgan fingerprint density at radius 2 is 1.72 bits per heavy atom. The predicted molar refractivity (Wildman–Crippen MR) is 120 cm³/mol. The van der Waals surface area contributed by atoms with Crippen LogP contribution in [0.5, 0.6) is 5.75 Å². The lowest BCUT2D eigenvalue weighted by Gasteiger charge is -2.12. The normalized spacial score (nSPS) is 14.4. The maximum absolute atomic E-state index is 12.9. The smallest absolute Gasteiger partial charge is 0.329 e. The first kappa shape index (κ1) is 20.9. The number of nitriles is 1. The average molecular weight is 423 g/mol. The minimum Gasteiger partial charge on any atom is -0.488 e. The fraction of sp³-hybridized carbons (Fsp3) is 0.115. The largest absolute Gasteiger partial charge is 0.488 e. The molecule has 0 aromatic heterocycles. The molecule has 3 aromatic carbocycles. The van der Waals surface area contributed by atoms with Gasteiger partial charge in [-0.3, -0.25) is 9.69 Å². The number of nitrogens with one attached hydrogen (secondary N) is 1. The molecule has 3 amide bonds. The summed E-state index contributed by atoms with van der Waals surface area (Å²) in [5, 5.41) is 11.9. The molecule has 0 bridgehead atoms. The van der Waals surface area contributed by atoms with Crippen molar-refractivity contribution in [1.29, 1.82) is 5.26 Å². The van der Waals surface area contributed by atoms with Crippen LogP contribution in [0, 0.1) is 18.3 Å². The molecule has 158 valence electrons. The van der Waals surface area contributed by atoms with Crippen molar-refractivity contribution in [3.8, 4) is 11.8 Å². The van der Waals surface area contributed by atoms with Gasteiger partial charge in [0.25, 0.3) is 5.91 Å². The quantitative estimate of drug-likeness (QED) is 0.466. The molecule has 1 heterocycles. The summed E-state index contributed by atoms with van der Waals surface area (Å²) >= 11 is 0. The highest BCUT2D eigenvalue weighted by Gasteiger charge is 2.33. The maximum atomic E-state index is 12.9. The highest BCUT2D eigenvalue weighted by atomic mass is 16.5. The zero-order valence-electron chi connectivity index (χ0n) is 17.5. The van der Waals surface area contributed by atoms with Gasteiger partial charge in [-0.15, -0.1) is 0 Å². The van der Waals surface area contributed by atoms with E-state index in [4.69, 9.17) is 4.74 Å². The Hall–Kier alpha value is -4.37. The molecule has 0 atom stereocenters. The fourth-order valence-electron chi connectivity index (χ4n) is 3.39. The van der Waals surface area contributed by atoms with Crippen LogP contribution in [0.15, 0.2) is 78.5 Å². The van der Waals surface area contributed by atoms with Crippen molar-refractivity contribution in [3.63, 3.8) is 0 Å². The number of carbonyl (C=O) groups excluding carboxylic acids is 2. The molecule has 0 radical (unpaired) electrons. The molecule has 6 nitrogen and oxygen atoms in total. The van der Waals surface area contributed by atoms with E-state index in [1.165, 1.54) is 4.90 Å². The Kier molecular flexibility index (Phi) is 6.00. The Labute approximate surface area is 186 Å². The van der Waals surface area contributed by atoms with Crippen LogP contribution in [-0.4, -0.2) is 16.8 Å². The zero-order valence-corrected chi connectivity index (χ0v) is 17.5. The second kappa shape index (κ2) is 9.19. The summed E-state index contributed by atoms with van der Waals surface area (Å²) in [5.41, 5.74) is 4.15. The van der Waals surface area contributed by atoms with Crippen LogP contribution in [0.4, 0.5) is 4.79 Å². The number of imide groups is 1. The molecular formula is C26H21N3O3. The molecule has 1 aliphatic heterocycles. The van der Waals surface area contributed by atoms with E-state index in [-0.39, 0.29) is 24.8 Å². The zero-order chi connectivity index (χ0) is 22.5. The molecular weight excluding hydrogens is 402 g/mol. The van der Waals surface area contributed by atoms with Crippen LogP contribution in [0.1, 0.15) is 27.8 Å². The molecule has 1 N–H and O–H groups in total. The number of carbonyl (C=O) groups is 2. The highest BCUT2D eigenvalue weighted by molar-refractivity contribution is 6.14. The van der Waals surface area contributed by atoms with E-state index in [0.29, 0.717) is 16.9 Å². The number of hydrogen-bond donors (Lipinski definition) is 1. The molecule has 1 saturated heterocycles. The number of rotatable bonds is 6. The van der Waals surface area contributed by atoms with E-state index >= 15 is 0 Å². The number of benzene rings is 3. The van der Waals surface area contributed by atoms with Crippen molar-refractivity contribution in [2.75, 3.05) is 0 Å². The van der Waals surface area contributed by atoms with Crippen LogP contribution in [0.2, 0.25) is 0 Å². The van der Waals surface area contributed by atoms with Crippen molar-refractivity contribution in [2.24, 2.45) is 0 Å². The van der Waals surface area contributed by atoms with Crippen molar-refractivity contribution >= 4 is 18.0 Å². The van der Waals surface area contributed by atoms with Gasteiger partial charge in [0.15, 0.2) is 0 Å². The van der Waals surface area contributed by atoms with Gasteiger partial charge in [0, 0.05) is 11.1 Å². The fourth-order valence-corrected chi connectivity index (χ4v) is 3.39. The number of nitrogens with zero attached hydrogens (tertiary/aromatic N) is 2. The molecule has 0 saturated carbocycles. The van der Waals surface area contributed by atoms with E-state index < -0.39 is 6.03 Å². The Morgan fingerprint density at radius 1 is 1.00 bits per heavy atom. The van der Waals surface area contributed by atoms with Crippen molar-refractivity contribution in [3.05, 3.63) is 106 Å². The minimum atomic E-state index is -0.455. The van der Waals surface area contributed by atoms with Crippen LogP contribution in [0.25, 0.3) is 6.08 Å². The minimum absolute atomic E-state index is 0.190. The summed E-state index contributed by atoms with van der Waals surface area (Å²) in [4.78, 5) is 26.5. The first-order chi connectivity index (χ1) is 15.5. The topological polar surface area (TPSA) is 82.4 Å². The molecule has 4 rings (SSSR count). The van der Waals surface area contributed by atoms with Crippen LogP contribution in [0.3, 0.4) is 0 Å². The molecule has 6 heteroatoms. The van der Waals surface area contributed by atoms with Crippen LogP contribution in [-0.2, 0) is 17.9 Å². The number of hydrogen-bond acceptors (Lipinski definition) is 4. The SMILES string of the molecule is Cc1ccc(CN2C(=O)N/C(=C/c3ccccc3OCc3ccccc3C#N)C2=O)cc1. The van der Waals surface area contributed by atoms with Gasteiger partial charge in [0.1, 0.15) is 18.1 Å². The first-order valence-electron chi connectivity index (χ1n) is 10.1. The molecule has 0 spiro atoms. The van der Waals surface area contributed by atoms with E-state index in [9.17, 15) is 14.9 Å². The van der Waals surface area contributed by atoms with Gasteiger partial charge in [0.05, 0.1) is 18.2 Å². The Bertz CT molecular complexity index is 1240. The highest BCUT2D eigenvalue weighted by Crippen LogP contribution is 2.24. The summed E-state index contributed by atoms with van der Waals surface area (Å²) in [6, 6.07) is 23.9. The van der Waals surface area contributed by atoms with Gasteiger partial charge in [-0.05, 0) is 30.7 Å². The van der Waals surface area contributed by atoms with E-state index in [1.807, 2.05) is 55.5 Å². The molecule has 0 unspecified atom stereocenters. The van der Waals surface area contributed by atoms with Gasteiger partial charge >= 0.3 is 6.03 Å². The predicted octanol–water partition coefficient (Wildman–Crippen LogP) is 4.54. The second-order valence-corrected chi connectivity index (χ2v) is 7.46. The third-order valence-electron chi connectivity index (χ3n) is 5.16. The monoisotopic (exact) mass is 423 g/mol. The van der Waals surface area contributed by atoms with Crippen molar-refractivity contribution < 1.29 is 14.3 Å². The number of ether oxygens (including phenoxy) is 1. The lowest BCUT2D eigenvalue weighted by molar-refractivity contribution is -0.123. The number of aryl methyl sites for hydroxylation is 1. The van der Waals surface area contributed by atoms with Gasteiger partial charge in [0.2, 0.25) is 0 Å². The number of para-hydroxylation sites is 1. The van der Waals surface area contributed by atoms with E-state index in [2.05, 4.69) is 11.4 Å².